The van der Waals surface area contributed by atoms with Gasteiger partial charge in [-0.3, -0.25) is 9.59 Å². The van der Waals surface area contributed by atoms with Gasteiger partial charge in [0, 0.05) is 20.0 Å². The molecule has 0 radical (unpaired) electrons. The smallest absolute Gasteiger partial charge is 0.387 e. The monoisotopic (exact) mass is 420 g/mol. The lowest BCUT2D eigenvalue weighted by atomic mass is 10.0. The lowest BCUT2D eigenvalue weighted by Gasteiger charge is -2.25. The fourth-order valence-electron chi connectivity index (χ4n) is 2.88. The molecule has 2 aromatic rings. The third-order valence-corrected chi connectivity index (χ3v) is 4.33. The number of rotatable bonds is 10. The van der Waals surface area contributed by atoms with E-state index in [-0.39, 0.29) is 42.9 Å². The summed E-state index contributed by atoms with van der Waals surface area (Å²) in [6.07, 6.45) is 0.254. The van der Waals surface area contributed by atoms with Gasteiger partial charge in [0.05, 0.1) is 6.61 Å². The molecule has 162 valence electrons. The maximum atomic E-state index is 13.1. The molecule has 0 aromatic heterocycles. The van der Waals surface area contributed by atoms with E-state index in [9.17, 15) is 18.4 Å². The highest BCUT2D eigenvalue weighted by molar-refractivity contribution is 5.88. The largest absolute Gasteiger partial charge is 0.490 e. The van der Waals surface area contributed by atoms with Crippen molar-refractivity contribution in [1.29, 1.82) is 0 Å². The molecule has 8 heteroatoms. The highest BCUT2D eigenvalue weighted by Gasteiger charge is 2.25. The molecule has 0 bridgehead atoms. The molecule has 2 rings (SSSR count). The first-order chi connectivity index (χ1) is 14.3. The third-order valence-electron chi connectivity index (χ3n) is 4.33. The quantitative estimate of drug-likeness (QED) is 0.633. The van der Waals surface area contributed by atoms with E-state index in [1.54, 1.807) is 57.3 Å². The van der Waals surface area contributed by atoms with Gasteiger partial charge in [-0.2, -0.15) is 8.78 Å². The summed E-state index contributed by atoms with van der Waals surface area (Å²) in [6, 6.07) is 12.7. The summed E-state index contributed by atoms with van der Waals surface area (Å²) < 4.78 is 35.0. The molecular weight excluding hydrogens is 394 g/mol. The number of benzene rings is 2. The molecule has 0 saturated heterocycles. The molecule has 30 heavy (non-hydrogen) atoms. The van der Waals surface area contributed by atoms with Crippen LogP contribution in [-0.2, 0) is 16.1 Å². The van der Waals surface area contributed by atoms with Gasteiger partial charge in [0.1, 0.15) is 6.04 Å². The van der Waals surface area contributed by atoms with Crippen LogP contribution in [0.25, 0.3) is 0 Å². The minimum absolute atomic E-state index is 0.0676. The van der Waals surface area contributed by atoms with Crippen LogP contribution in [0.2, 0.25) is 0 Å². The van der Waals surface area contributed by atoms with Crippen LogP contribution in [0.3, 0.4) is 0 Å². The Bertz CT molecular complexity index is 846. The Hall–Kier alpha value is -3.16. The Morgan fingerprint density at radius 2 is 1.77 bits per heavy atom. The zero-order valence-electron chi connectivity index (χ0n) is 17.2. The molecule has 0 aliphatic heterocycles. The minimum atomic E-state index is -2.96. The number of nitrogens with one attached hydrogen (secondary N) is 1. The Labute approximate surface area is 174 Å². The number of carbonyl (C=O) groups excluding carboxylic acids is 2. The fraction of sp³-hybridized carbons (Fsp3) is 0.364. The SMILES string of the molecule is CCOc1cc(CN(C)C(=O)C(NC(=O)CC)c2ccccc2)ccc1OC(F)F. The van der Waals surface area contributed by atoms with E-state index in [2.05, 4.69) is 10.1 Å². The molecule has 1 unspecified atom stereocenters. The van der Waals surface area contributed by atoms with Crippen molar-refractivity contribution in [3.8, 4) is 11.5 Å². The first-order valence-corrected chi connectivity index (χ1v) is 9.65. The molecule has 1 atom stereocenters. The topological polar surface area (TPSA) is 67.9 Å². The average Bonchev–Trinajstić information content (AvgIpc) is 2.73. The maximum Gasteiger partial charge on any atom is 0.387 e. The summed E-state index contributed by atoms with van der Waals surface area (Å²) in [7, 11) is 1.61. The van der Waals surface area contributed by atoms with Crippen molar-refractivity contribution in [3.05, 3.63) is 59.7 Å². The molecule has 0 aliphatic rings. The van der Waals surface area contributed by atoms with Gasteiger partial charge in [-0.1, -0.05) is 43.3 Å². The van der Waals surface area contributed by atoms with Gasteiger partial charge in [0.15, 0.2) is 11.5 Å². The molecule has 2 aromatic carbocycles. The number of hydrogen-bond donors (Lipinski definition) is 1. The van der Waals surface area contributed by atoms with Crippen LogP contribution < -0.4 is 14.8 Å². The summed E-state index contributed by atoms with van der Waals surface area (Å²) in [6.45, 7) is 0.947. The Kier molecular flexibility index (Phi) is 8.58. The molecule has 0 saturated carbocycles. The number of nitrogens with zero attached hydrogens (tertiary/aromatic N) is 1. The number of alkyl halides is 2. The van der Waals surface area contributed by atoms with Crippen molar-refractivity contribution >= 4 is 11.8 Å². The number of hydrogen-bond acceptors (Lipinski definition) is 4. The van der Waals surface area contributed by atoms with E-state index >= 15 is 0 Å². The highest BCUT2D eigenvalue weighted by Crippen LogP contribution is 2.30. The van der Waals surface area contributed by atoms with Crippen LogP contribution in [0.1, 0.15) is 37.4 Å². The molecule has 1 N–H and O–H groups in total. The fourth-order valence-corrected chi connectivity index (χ4v) is 2.88. The van der Waals surface area contributed by atoms with E-state index in [1.807, 2.05) is 6.07 Å². The third kappa shape index (κ3) is 6.43. The molecular formula is C22H26F2N2O4. The predicted molar refractivity (Wildman–Crippen MR) is 108 cm³/mol. The maximum absolute atomic E-state index is 13.1. The number of carbonyl (C=O) groups is 2. The van der Waals surface area contributed by atoms with Crippen LogP contribution in [0.15, 0.2) is 48.5 Å². The molecule has 6 nitrogen and oxygen atoms in total. The van der Waals surface area contributed by atoms with Crippen molar-refractivity contribution < 1.29 is 27.8 Å². The number of likely N-dealkylation sites (N-methyl/N-ethyl adjacent to an activating group) is 1. The minimum Gasteiger partial charge on any atom is -0.490 e. The Morgan fingerprint density at radius 3 is 2.37 bits per heavy atom. The molecule has 0 heterocycles. The van der Waals surface area contributed by atoms with E-state index in [0.29, 0.717) is 11.1 Å². The first-order valence-electron chi connectivity index (χ1n) is 9.65. The number of halogens is 2. The van der Waals surface area contributed by atoms with Gasteiger partial charge in [-0.05, 0) is 30.2 Å². The van der Waals surface area contributed by atoms with Crippen LogP contribution in [0.5, 0.6) is 11.5 Å². The van der Waals surface area contributed by atoms with E-state index < -0.39 is 12.7 Å². The summed E-state index contributed by atoms with van der Waals surface area (Å²) in [4.78, 5) is 26.5. The van der Waals surface area contributed by atoms with Gasteiger partial charge in [-0.15, -0.1) is 0 Å². The van der Waals surface area contributed by atoms with Crippen molar-refractivity contribution in [2.75, 3.05) is 13.7 Å². The van der Waals surface area contributed by atoms with Crippen LogP contribution in [0.4, 0.5) is 8.78 Å². The van der Waals surface area contributed by atoms with Crippen molar-refractivity contribution in [2.24, 2.45) is 0 Å². The summed E-state index contributed by atoms with van der Waals surface area (Å²) in [5.74, 6) is -0.427. The zero-order chi connectivity index (χ0) is 22.1. The summed E-state index contributed by atoms with van der Waals surface area (Å²) in [5.41, 5.74) is 1.34. The second-order valence-electron chi connectivity index (χ2n) is 6.55. The molecule has 0 spiro atoms. The van der Waals surface area contributed by atoms with Gasteiger partial charge < -0.3 is 19.7 Å². The van der Waals surface area contributed by atoms with Gasteiger partial charge in [-0.25, -0.2) is 0 Å². The van der Waals surface area contributed by atoms with Gasteiger partial charge >= 0.3 is 6.61 Å². The van der Waals surface area contributed by atoms with Crippen molar-refractivity contribution in [2.45, 2.75) is 39.5 Å². The number of amides is 2. The molecule has 0 aliphatic carbocycles. The lowest BCUT2D eigenvalue weighted by molar-refractivity contribution is -0.136. The van der Waals surface area contributed by atoms with Gasteiger partial charge in [0.25, 0.3) is 0 Å². The first kappa shape index (κ1) is 23.1. The van der Waals surface area contributed by atoms with E-state index in [4.69, 9.17) is 4.74 Å². The van der Waals surface area contributed by atoms with Crippen LogP contribution in [0, 0.1) is 0 Å². The van der Waals surface area contributed by atoms with E-state index in [0.717, 1.165) is 0 Å². The normalized spacial score (nSPS) is 11.7. The average molecular weight is 420 g/mol. The van der Waals surface area contributed by atoms with Crippen molar-refractivity contribution in [3.63, 3.8) is 0 Å². The highest BCUT2D eigenvalue weighted by atomic mass is 19.3. The zero-order valence-corrected chi connectivity index (χ0v) is 17.2. The second kappa shape index (κ2) is 11.1. The van der Waals surface area contributed by atoms with Gasteiger partial charge in [0.2, 0.25) is 11.8 Å². The Morgan fingerprint density at radius 1 is 1.07 bits per heavy atom. The molecule has 2 amide bonds. The number of ether oxygens (including phenoxy) is 2. The van der Waals surface area contributed by atoms with Crippen LogP contribution >= 0.6 is 0 Å². The van der Waals surface area contributed by atoms with Crippen LogP contribution in [-0.4, -0.2) is 37.0 Å². The van der Waals surface area contributed by atoms with E-state index in [1.165, 1.54) is 11.0 Å². The second-order valence-corrected chi connectivity index (χ2v) is 6.55. The standard InChI is InChI=1S/C22H26F2N2O4/c1-4-19(27)25-20(16-9-7-6-8-10-16)21(28)26(3)14-15-11-12-17(30-22(23)24)18(13-15)29-5-2/h6-13,20,22H,4-5,14H2,1-3H3,(H,25,27). The summed E-state index contributed by atoms with van der Waals surface area (Å²) >= 11 is 0. The lowest BCUT2D eigenvalue weighted by Crippen LogP contribution is -2.40. The summed E-state index contributed by atoms with van der Waals surface area (Å²) in [5, 5.41) is 2.75. The molecule has 0 fully saturated rings. The predicted octanol–water partition coefficient (Wildman–Crippen LogP) is 3.91. The van der Waals surface area contributed by atoms with Crippen molar-refractivity contribution in [1.82, 2.24) is 10.2 Å². The Balaban J connectivity index is 2.21.